The minimum atomic E-state index is -0.596. The topological polar surface area (TPSA) is 18.5 Å². The second-order valence-corrected chi connectivity index (χ2v) is 7.93. The van der Waals surface area contributed by atoms with E-state index in [0.717, 1.165) is 27.8 Å². The molecule has 0 unspecified atom stereocenters. The molecule has 0 bridgehead atoms. The summed E-state index contributed by atoms with van der Waals surface area (Å²) >= 11 is 0. The van der Waals surface area contributed by atoms with Gasteiger partial charge in [0.2, 0.25) is 0 Å². The average Bonchev–Trinajstić information content (AvgIpc) is 2.80. The van der Waals surface area contributed by atoms with Gasteiger partial charge in [-0.05, 0) is 65.7 Å². The van der Waals surface area contributed by atoms with Crippen molar-refractivity contribution >= 4 is 21.5 Å². The Bertz CT molecular complexity index is 1230. The third-order valence-corrected chi connectivity index (χ3v) is 5.58. The average molecular weight is 405 g/mol. The molecule has 31 heavy (non-hydrogen) atoms. The Balaban J connectivity index is 1.70. The van der Waals surface area contributed by atoms with Crippen molar-refractivity contribution in [3.05, 3.63) is 120 Å². The van der Waals surface area contributed by atoms with Crippen molar-refractivity contribution in [2.45, 2.75) is 20.1 Å². The van der Waals surface area contributed by atoms with E-state index < -0.39 is 6.29 Å². The van der Waals surface area contributed by atoms with Gasteiger partial charge in [-0.25, -0.2) is 0 Å². The Labute approximate surface area is 182 Å². The van der Waals surface area contributed by atoms with Crippen molar-refractivity contribution in [2.24, 2.45) is 0 Å². The first-order valence-electron chi connectivity index (χ1n) is 10.5. The molecule has 5 aromatic rings. The Kier molecular flexibility index (Phi) is 5.05. The van der Waals surface area contributed by atoms with Gasteiger partial charge in [-0.3, -0.25) is 0 Å². The lowest BCUT2D eigenvalue weighted by atomic mass is 9.96. The summed E-state index contributed by atoms with van der Waals surface area (Å²) in [7, 11) is 0. The summed E-state index contributed by atoms with van der Waals surface area (Å²) in [6.07, 6.45) is -0.596. The van der Waals surface area contributed by atoms with Crippen LogP contribution >= 0.6 is 0 Å². The fraction of sp³-hybridized carbons (Fsp3) is 0.103. The van der Waals surface area contributed by atoms with Gasteiger partial charge >= 0.3 is 0 Å². The molecule has 5 rings (SSSR count). The van der Waals surface area contributed by atoms with E-state index in [1.807, 2.05) is 24.3 Å². The molecule has 0 spiro atoms. The standard InChI is InChI=1S/C29H24O2/c1-20-11-15-24(16-12-20)30-29(31-25-17-13-21(2)14-18-25)28-26-9-5-3-7-22(26)19-23-8-4-6-10-27(23)28/h3-19,29H,1-2H3. The Morgan fingerprint density at radius 1 is 0.516 bits per heavy atom. The van der Waals surface area contributed by atoms with Crippen molar-refractivity contribution in [2.75, 3.05) is 0 Å². The summed E-state index contributed by atoms with van der Waals surface area (Å²) in [5.41, 5.74) is 3.42. The van der Waals surface area contributed by atoms with E-state index in [-0.39, 0.29) is 0 Å². The van der Waals surface area contributed by atoms with Crippen LogP contribution in [0.5, 0.6) is 11.5 Å². The van der Waals surface area contributed by atoms with Gasteiger partial charge in [0.25, 0.3) is 6.29 Å². The minimum absolute atomic E-state index is 0.596. The zero-order valence-corrected chi connectivity index (χ0v) is 17.7. The molecule has 0 saturated heterocycles. The van der Waals surface area contributed by atoms with Crippen LogP contribution in [0, 0.1) is 13.8 Å². The minimum Gasteiger partial charge on any atom is -0.451 e. The molecule has 0 aliphatic rings. The molecule has 2 nitrogen and oxygen atoms in total. The smallest absolute Gasteiger partial charge is 0.268 e. The van der Waals surface area contributed by atoms with Gasteiger partial charge in [-0.2, -0.15) is 0 Å². The maximum Gasteiger partial charge on any atom is 0.268 e. The molecular formula is C29H24O2. The molecule has 0 atom stereocenters. The zero-order chi connectivity index (χ0) is 21.2. The number of fused-ring (bicyclic) bond motifs is 2. The van der Waals surface area contributed by atoms with Crippen LogP contribution in [0.4, 0.5) is 0 Å². The number of ether oxygens (including phenoxy) is 2. The molecule has 5 aromatic carbocycles. The van der Waals surface area contributed by atoms with Crippen molar-refractivity contribution < 1.29 is 9.47 Å². The van der Waals surface area contributed by atoms with E-state index in [9.17, 15) is 0 Å². The number of benzene rings is 5. The number of rotatable bonds is 5. The van der Waals surface area contributed by atoms with Crippen LogP contribution in [-0.2, 0) is 0 Å². The molecule has 0 aliphatic carbocycles. The second-order valence-electron chi connectivity index (χ2n) is 7.93. The van der Waals surface area contributed by atoms with Crippen molar-refractivity contribution in [3.8, 4) is 11.5 Å². The van der Waals surface area contributed by atoms with Gasteiger partial charge in [0.05, 0.1) is 0 Å². The summed E-state index contributed by atoms with van der Waals surface area (Å²) in [6.45, 7) is 4.14. The highest BCUT2D eigenvalue weighted by Gasteiger charge is 2.22. The summed E-state index contributed by atoms with van der Waals surface area (Å²) in [5.74, 6) is 1.56. The third kappa shape index (κ3) is 3.97. The van der Waals surface area contributed by atoms with Gasteiger partial charge < -0.3 is 9.47 Å². The summed E-state index contributed by atoms with van der Waals surface area (Å²) in [4.78, 5) is 0. The van der Waals surface area contributed by atoms with Gasteiger partial charge in [-0.15, -0.1) is 0 Å². The Morgan fingerprint density at radius 2 is 0.935 bits per heavy atom. The van der Waals surface area contributed by atoms with Crippen LogP contribution in [0.2, 0.25) is 0 Å². The first kappa shape index (κ1) is 19.2. The lowest BCUT2D eigenvalue weighted by Crippen LogP contribution is -2.16. The molecule has 0 N–H and O–H groups in total. The molecule has 0 saturated carbocycles. The predicted molar refractivity (Wildman–Crippen MR) is 128 cm³/mol. The van der Waals surface area contributed by atoms with E-state index in [2.05, 4.69) is 92.7 Å². The van der Waals surface area contributed by atoms with E-state index in [1.54, 1.807) is 0 Å². The van der Waals surface area contributed by atoms with Gasteiger partial charge in [0.1, 0.15) is 11.5 Å². The fourth-order valence-corrected chi connectivity index (χ4v) is 3.93. The lowest BCUT2D eigenvalue weighted by Gasteiger charge is -2.24. The molecule has 0 fully saturated rings. The quantitative estimate of drug-likeness (QED) is 0.220. The molecule has 152 valence electrons. The second kappa shape index (κ2) is 8.16. The highest BCUT2D eigenvalue weighted by Crippen LogP contribution is 2.36. The van der Waals surface area contributed by atoms with E-state index in [4.69, 9.17) is 9.47 Å². The Morgan fingerprint density at radius 3 is 1.39 bits per heavy atom. The lowest BCUT2D eigenvalue weighted by molar-refractivity contribution is 0.00616. The summed E-state index contributed by atoms with van der Waals surface area (Å²) in [6, 6.07) is 35.2. The van der Waals surface area contributed by atoms with Crippen LogP contribution in [-0.4, -0.2) is 0 Å². The number of hydrogen-bond donors (Lipinski definition) is 0. The highest BCUT2D eigenvalue weighted by molar-refractivity contribution is 6.02. The van der Waals surface area contributed by atoms with E-state index in [1.165, 1.54) is 21.9 Å². The normalized spacial score (nSPS) is 11.2. The van der Waals surface area contributed by atoms with E-state index >= 15 is 0 Å². The Hall–Kier alpha value is -3.78. The van der Waals surface area contributed by atoms with Crippen LogP contribution in [0.15, 0.2) is 103 Å². The molecule has 0 amide bonds. The molecular weight excluding hydrogens is 380 g/mol. The molecule has 0 radical (unpaired) electrons. The fourth-order valence-electron chi connectivity index (χ4n) is 3.93. The van der Waals surface area contributed by atoms with Crippen molar-refractivity contribution in [3.63, 3.8) is 0 Å². The van der Waals surface area contributed by atoms with Crippen molar-refractivity contribution in [1.29, 1.82) is 0 Å². The molecule has 0 aliphatic heterocycles. The van der Waals surface area contributed by atoms with Gasteiger partial charge in [-0.1, -0.05) is 83.9 Å². The molecule has 0 heterocycles. The molecule has 2 heteroatoms. The number of hydrogen-bond acceptors (Lipinski definition) is 2. The number of aryl methyl sites for hydroxylation is 2. The van der Waals surface area contributed by atoms with E-state index in [0.29, 0.717) is 0 Å². The third-order valence-electron chi connectivity index (χ3n) is 5.58. The summed E-state index contributed by atoms with van der Waals surface area (Å²) < 4.78 is 13.0. The highest BCUT2D eigenvalue weighted by atomic mass is 16.7. The summed E-state index contributed by atoms with van der Waals surface area (Å²) in [5, 5.41) is 4.60. The first-order chi connectivity index (χ1) is 15.2. The SMILES string of the molecule is Cc1ccc(OC(Oc2ccc(C)cc2)c2c3ccccc3cc3ccccc23)cc1. The monoisotopic (exact) mass is 404 g/mol. The van der Waals surface area contributed by atoms with Crippen LogP contribution in [0.25, 0.3) is 21.5 Å². The van der Waals surface area contributed by atoms with Gasteiger partial charge in [0, 0.05) is 5.56 Å². The van der Waals surface area contributed by atoms with Crippen LogP contribution < -0.4 is 9.47 Å². The van der Waals surface area contributed by atoms with Crippen LogP contribution in [0.1, 0.15) is 23.0 Å². The predicted octanol–water partition coefficient (Wildman–Crippen LogP) is 7.77. The van der Waals surface area contributed by atoms with Crippen LogP contribution in [0.3, 0.4) is 0 Å². The zero-order valence-electron chi connectivity index (χ0n) is 17.7. The first-order valence-corrected chi connectivity index (χ1v) is 10.5. The van der Waals surface area contributed by atoms with Gasteiger partial charge in [0.15, 0.2) is 0 Å². The largest absolute Gasteiger partial charge is 0.451 e. The van der Waals surface area contributed by atoms with Crippen molar-refractivity contribution in [1.82, 2.24) is 0 Å². The maximum absolute atomic E-state index is 6.48. The maximum atomic E-state index is 6.48. The molecule has 0 aromatic heterocycles.